The Balaban J connectivity index is 1.61. The molecule has 30 heavy (non-hydrogen) atoms. The maximum Gasteiger partial charge on any atom is 0.573 e. The van der Waals surface area contributed by atoms with Gasteiger partial charge in [0.05, 0.1) is 0 Å². The zero-order valence-electron chi connectivity index (χ0n) is 17.5. The van der Waals surface area contributed by atoms with Crippen molar-refractivity contribution in [1.82, 2.24) is 4.90 Å². The Labute approximate surface area is 174 Å². The van der Waals surface area contributed by atoms with E-state index in [2.05, 4.69) is 4.74 Å². The van der Waals surface area contributed by atoms with Crippen LogP contribution in [0.15, 0.2) is 24.3 Å². The van der Waals surface area contributed by atoms with Crippen LogP contribution in [-0.2, 0) is 16.0 Å². The number of halogens is 3. The van der Waals surface area contributed by atoms with Gasteiger partial charge in [0.1, 0.15) is 17.1 Å². The highest BCUT2D eigenvalue weighted by Gasteiger charge is 2.44. The van der Waals surface area contributed by atoms with E-state index in [-0.39, 0.29) is 42.0 Å². The first-order valence-electron chi connectivity index (χ1n) is 10.3. The van der Waals surface area contributed by atoms with Gasteiger partial charge in [-0.05, 0) is 70.6 Å². The molecule has 2 fully saturated rings. The fraction of sp³-hybridized carbons (Fsp3) is 0.636. The molecule has 1 aromatic rings. The van der Waals surface area contributed by atoms with E-state index < -0.39 is 12.0 Å². The lowest BCUT2D eigenvalue weighted by molar-refractivity contribution is -0.274. The predicted octanol–water partition coefficient (Wildman–Crippen LogP) is 5.27. The zero-order valence-corrected chi connectivity index (χ0v) is 17.5. The van der Waals surface area contributed by atoms with Gasteiger partial charge in [-0.15, -0.1) is 13.2 Å². The Bertz CT molecular complexity index is 756. The van der Waals surface area contributed by atoms with Crippen molar-refractivity contribution in [2.75, 3.05) is 0 Å². The number of amides is 1. The van der Waals surface area contributed by atoms with Crippen LogP contribution in [0.2, 0.25) is 0 Å². The molecule has 1 aromatic carbocycles. The number of hydrogen-bond acceptors (Lipinski definition) is 4. The number of piperidine rings is 2. The fourth-order valence-corrected chi connectivity index (χ4v) is 4.41. The van der Waals surface area contributed by atoms with Crippen LogP contribution in [0.5, 0.6) is 5.75 Å². The monoisotopic (exact) mass is 427 g/mol. The molecule has 0 aliphatic carbocycles. The first kappa shape index (κ1) is 22.4. The number of fused-ring (bicyclic) bond motifs is 2. The van der Waals surface area contributed by atoms with E-state index in [4.69, 9.17) is 4.74 Å². The molecule has 0 N–H and O–H groups in total. The molecule has 8 heteroatoms. The number of Topliss-reactive ketones (excluding diaryl/α,β-unsaturated/α-hetero) is 1. The highest BCUT2D eigenvalue weighted by atomic mass is 19.4. The lowest BCUT2D eigenvalue weighted by atomic mass is 9.76. The topological polar surface area (TPSA) is 55.8 Å². The van der Waals surface area contributed by atoms with E-state index in [0.29, 0.717) is 18.4 Å². The lowest BCUT2D eigenvalue weighted by Gasteiger charge is -2.48. The maximum absolute atomic E-state index is 12.9. The van der Waals surface area contributed by atoms with Gasteiger partial charge in [-0.3, -0.25) is 4.79 Å². The molecule has 166 valence electrons. The van der Waals surface area contributed by atoms with Gasteiger partial charge in [-0.1, -0.05) is 12.1 Å². The third-order valence-corrected chi connectivity index (χ3v) is 5.57. The minimum Gasteiger partial charge on any atom is -0.444 e. The Morgan fingerprint density at radius 2 is 1.60 bits per heavy atom. The van der Waals surface area contributed by atoms with Gasteiger partial charge in [0.2, 0.25) is 0 Å². The Morgan fingerprint density at radius 3 is 2.10 bits per heavy atom. The predicted molar refractivity (Wildman–Crippen MR) is 104 cm³/mol. The van der Waals surface area contributed by atoms with Crippen LogP contribution >= 0.6 is 0 Å². The Hall–Kier alpha value is -2.25. The fourth-order valence-electron chi connectivity index (χ4n) is 4.41. The average molecular weight is 427 g/mol. The number of benzene rings is 1. The number of ether oxygens (including phenoxy) is 2. The number of nitrogens with zero attached hydrogens (tertiary/aromatic N) is 1. The summed E-state index contributed by atoms with van der Waals surface area (Å²) in [6.45, 7) is 5.51. The number of carbonyl (C=O) groups is 2. The number of carbonyl (C=O) groups excluding carboxylic acids is 2. The van der Waals surface area contributed by atoms with Crippen molar-refractivity contribution in [2.24, 2.45) is 5.92 Å². The third kappa shape index (κ3) is 5.89. The molecule has 2 unspecified atom stereocenters. The number of alkyl halides is 3. The second-order valence-corrected chi connectivity index (χ2v) is 9.13. The van der Waals surface area contributed by atoms with Gasteiger partial charge in [0.15, 0.2) is 0 Å². The summed E-state index contributed by atoms with van der Waals surface area (Å²) in [5.74, 6) is -0.413. The van der Waals surface area contributed by atoms with Crippen LogP contribution in [0.1, 0.15) is 58.4 Å². The summed E-state index contributed by atoms with van der Waals surface area (Å²) >= 11 is 0. The highest BCUT2D eigenvalue weighted by molar-refractivity contribution is 5.84. The second-order valence-electron chi connectivity index (χ2n) is 9.13. The Kier molecular flexibility index (Phi) is 6.34. The van der Waals surface area contributed by atoms with Crippen molar-refractivity contribution in [3.63, 3.8) is 0 Å². The molecule has 0 aromatic heterocycles. The molecule has 2 saturated heterocycles. The highest BCUT2D eigenvalue weighted by Crippen LogP contribution is 2.38. The molecular formula is C22H28F3NO4. The van der Waals surface area contributed by atoms with E-state index in [0.717, 1.165) is 19.3 Å². The summed E-state index contributed by atoms with van der Waals surface area (Å²) in [5, 5.41) is 0. The SMILES string of the molecule is CC(C)(C)OC(=O)N1C2CCCC1CC(C(=O)Cc1ccc(OC(F)(F)F)cc1)C2. The van der Waals surface area contributed by atoms with Gasteiger partial charge >= 0.3 is 12.5 Å². The summed E-state index contributed by atoms with van der Waals surface area (Å²) in [6, 6.07) is 5.38. The molecule has 5 nitrogen and oxygen atoms in total. The summed E-state index contributed by atoms with van der Waals surface area (Å²) in [7, 11) is 0. The van der Waals surface area contributed by atoms with Crippen LogP contribution in [0.25, 0.3) is 0 Å². The van der Waals surface area contributed by atoms with Crippen molar-refractivity contribution in [3.8, 4) is 5.75 Å². The van der Waals surface area contributed by atoms with Gasteiger partial charge in [0, 0.05) is 24.4 Å². The van der Waals surface area contributed by atoms with Crippen molar-refractivity contribution in [2.45, 2.75) is 83.3 Å². The van der Waals surface area contributed by atoms with E-state index in [9.17, 15) is 22.8 Å². The van der Waals surface area contributed by atoms with E-state index in [1.165, 1.54) is 24.3 Å². The quantitative estimate of drug-likeness (QED) is 0.657. The summed E-state index contributed by atoms with van der Waals surface area (Å²) in [5.41, 5.74) is 0.0781. The van der Waals surface area contributed by atoms with Crippen LogP contribution in [0.3, 0.4) is 0 Å². The summed E-state index contributed by atoms with van der Waals surface area (Å²) in [6.07, 6.45) is -0.973. The molecule has 2 atom stereocenters. The van der Waals surface area contributed by atoms with E-state index in [1.807, 2.05) is 25.7 Å². The van der Waals surface area contributed by atoms with Crippen LogP contribution < -0.4 is 4.74 Å². The maximum atomic E-state index is 12.9. The number of hydrogen-bond donors (Lipinski definition) is 0. The van der Waals surface area contributed by atoms with Crippen LogP contribution in [0.4, 0.5) is 18.0 Å². The summed E-state index contributed by atoms with van der Waals surface area (Å²) < 4.78 is 46.2. The van der Waals surface area contributed by atoms with Crippen molar-refractivity contribution >= 4 is 11.9 Å². The average Bonchev–Trinajstić information content (AvgIpc) is 2.59. The van der Waals surface area contributed by atoms with E-state index >= 15 is 0 Å². The molecule has 0 radical (unpaired) electrons. The molecule has 2 heterocycles. The molecule has 0 saturated carbocycles. The van der Waals surface area contributed by atoms with Crippen molar-refractivity contribution in [1.29, 1.82) is 0 Å². The van der Waals surface area contributed by atoms with Crippen molar-refractivity contribution in [3.05, 3.63) is 29.8 Å². The van der Waals surface area contributed by atoms with Gasteiger partial charge < -0.3 is 14.4 Å². The first-order valence-corrected chi connectivity index (χ1v) is 10.3. The smallest absolute Gasteiger partial charge is 0.444 e. The summed E-state index contributed by atoms with van der Waals surface area (Å²) in [4.78, 5) is 27.3. The van der Waals surface area contributed by atoms with E-state index in [1.54, 1.807) is 0 Å². The zero-order chi connectivity index (χ0) is 22.1. The largest absolute Gasteiger partial charge is 0.573 e. The molecule has 1 amide bonds. The van der Waals surface area contributed by atoms with Gasteiger partial charge in [-0.2, -0.15) is 0 Å². The number of ketones is 1. The second kappa shape index (κ2) is 8.47. The lowest BCUT2D eigenvalue weighted by Crippen LogP contribution is -2.56. The molecule has 0 spiro atoms. The van der Waals surface area contributed by atoms with Crippen LogP contribution in [0, 0.1) is 5.92 Å². The van der Waals surface area contributed by atoms with Gasteiger partial charge in [-0.25, -0.2) is 4.79 Å². The minimum atomic E-state index is -4.74. The molecule has 3 rings (SSSR count). The molecule has 2 aliphatic heterocycles. The van der Waals surface area contributed by atoms with Gasteiger partial charge in [0.25, 0.3) is 0 Å². The molecule has 2 aliphatic rings. The normalized spacial score (nSPS) is 24.3. The minimum absolute atomic E-state index is 0.0103. The van der Waals surface area contributed by atoms with Crippen molar-refractivity contribution < 1.29 is 32.2 Å². The first-order chi connectivity index (χ1) is 13.9. The molecule has 2 bridgehead atoms. The Morgan fingerprint density at radius 1 is 1.03 bits per heavy atom. The standard InChI is InChI=1S/C22H28F3NO4/c1-21(2,3)30-20(28)26-16-5-4-6-17(26)13-15(12-16)19(27)11-14-7-9-18(10-8-14)29-22(23,24)25/h7-10,15-17H,4-6,11-13H2,1-3H3. The van der Waals surface area contributed by atoms with Crippen LogP contribution in [-0.4, -0.2) is 40.8 Å². The third-order valence-electron chi connectivity index (χ3n) is 5.57. The molecular weight excluding hydrogens is 399 g/mol. The number of rotatable bonds is 4.